The standard InChI is InChI=1S/C17H21N3O/c1-14-5-2-3-7-16(14)21-12-15-6-4-10-20(11-15)17-8-9-18-13-19-17/h2-3,5,7-9,13,15H,4,6,10-12H2,1H3/t15-/m1/s1. The molecular weight excluding hydrogens is 262 g/mol. The van der Waals surface area contributed by atoms with Crippen LogP contribution in [0.2, 0.25) is 0 Å². The van der Waals surface area contributed by atoms with Crippen LogP contribution in [0.1, 0.15) is 18.4 Å². The molecule has 21 heavy (non-hydrogen) atoms. The first kappa shape index (κ1) is 13.9. The number of para-hydroxylation sites is 1. The Morgan fingerprint density at radius 3 is 3.00 bits per heavy atom. The second-order valence-electron chi connectivity index (χ2n) is 5.60. The maximum absolute atomic E-state index is 6.00. The molecule has 0 amide bonds. The summed E-state index contributed by atoms with van der Waals surface area (Å²) in [7, 11) is 0. The average Bonchev–Trinajstić information content (AvgIpc) is 2.55. The van der Waals surface area contributed by atoms with Crippen molar-refractivity contribution in [1.82, 2.24) is 9.97 Å². The first-order valence-electron chi connectivity index (χ1n) is 7.52. The highest BCUT2D eigenvalue weighted by molar-refractivity contribution is 5.37. The Balaban J connectivity index is 1.58. The predicted molar refractivity (Wildman–Crippen MR) is 83.6 cm³/mol. The summed E-state index contributed by atoms with van der Waals surface area (Å²) in [5.41, 5.74) is 1.20. The molecule has 1 aliphatic rings. The zero-order valence-electron chi connectivity index (χ0n) is 12.4. The molecule has 0 unspecified atom stereocenters. The lowest BCUT2D eigenvalue weighted by Gasteiger charge is -2.33. The third kappa shape index (κ3) is 3.51. The lowest BCUT2D eigenvalue weighted by Crippen LogP contribution is -2.38. The van der Waals surface area contributed by atoms with Gasteiger partial charge in [-0.2, -0.15) is 0 Å². The molecule has 0 aliphatic carbocycles. The summed E-state index contributed by atoms with van der Waals surface area (Å²) < 4.78 is 6.00. The second-order valence-corrected chi connectivity index (χ2v) is 5.60. The van der Waals surface area contributed by atoms with Crippen LogP contribution in [0.5, 0.6) is 5.75 Å². The van der Waals surface area contributed by atoms with Crippen LogP contribution in [-0.4, -0.2) is 29.7 Å². The van der Waals surface area contributed by atoms with Gasteiger partial charge in [0, 0.05) is 25.2 Å². The zero-order valence-corrected chi connectivity index (χ0v) is 12.4. The van der Waals surface area contributed by atoms with Crippen molar-refractivity contribution in [1.29, 1.82) is 0 Å². The minimum absolute atomic E-state index is 0.549. The van der Waals surface area contributed by atoms with Gasteiger partial charge < -0.3 is 9.64 Å². The number of hydrogen-bond donors (Lipinski definition) is 0. The van der Waals surface area contributed by atoms with E-state index in [1.807, 2.05) is 24.3 Å². The Bertz CT molecular complexity index is 573. The van der Waals surface area contributed by atoms with Gasteiger partial charge in [0.25, 0.3) is 0 Å². The quantitative estimate of drug-likeness (QED) is 0.864. The minimum Gasteiger partial charge on any atom is -0.493 e. The molecule has 0 bridgehead atoms. The van der Waals surface area contributed by atoms with Gasteiger partial charge in [0.15, 0.2) is 0 Å². The van der Waals surface area contributed by atoms with E-state index in [0.717, 1.165) is 31.3 Å². The van der Waals surface area contributed by atoms with Gasteiger partial charge in [0.1, 0.15) is 17.9 Å². The van der Waals surface area contributed by atoms with E-state index in [0.29, 0.717) is 5.92 Å². The number of ether oxygens (including phenoxy) is 1. The van der Waals surface area contributed by atoms with Gasteiger partial charge in [-0.15, -0.1) is 0 Å². The van der Waals surface area contributed by atoms with Crippen molar-refractivity contribution in [2.45, 2.75) is 19.8 Å². The highest BCUT2D eigenvalue weighted by Gasteiger charge is 2.21. The average molecular weight is 283 g/mol. The summed E-state index contributed by atoms with van der Waals surface area (Å²) in [6, 6.07) is 10.2. The number of aryl methyl sites for hydroxylation is 1. The molecule has 4 nitrogen and oxygen atoms in total. The number of anilines is 1. The molecular formula is C17H21N3O. The molecule has 0 spiro atoms. The minimum atomic E-state index is 0.549. The van der Waals surface area contributed by atoms with Gasteiger partial charge in [-0.05, 0) is 37.5 Å². The van der Waals surface area contributed by atoms with E-state index in [4.69, 9.17) is 4.74 Å². The van der Waals surface area contributed by atoms with Crippen LogP contribution >= 0.6 is 0 Å². The topological polar surface area (TPSA) is 38.2 Å². The molecule has 110 valence electrons. The fourth-order valence-corrected chi connectivity index (χ4v) is 2.81. The van der Waals surface area contributed by atoms with Crippen molar-refractivity contribution in [2.24, 2.45) is 5.92 Å². The number of aromatic nitrogens is 2. The highest BCUT2D eigenvalue weighted by Crippen LogP contribution is 2.23. The van der Waals surface area contributed by atoms with E-state index in [-0.39, 0.29) is 0 Å². The molecule has 4 heteroatoms. The predicted octanol–water partition coefficient (Wildman–Crippen LogP) is 3.08. The molecule has 0 N–H and O–H groups in total. The first-order chi connectivity index (χ1) is 10.3. The van der Waals surface area contributed by atoms with Gasteiger partial charge >= 0.3 is 0 Å². The van der Waals surface area contributed by atoms with Gasteiger partial charge in [0.05, 0.1) is 6.61 Å². The van der Waals surface area contributed by atoms with E-state index < -0.39 is 0 Å². The highest BCUT2D eigenvalue weighted by atomic mass is 16.5. The van der Waals surface area contributed by atoms with E-state index >= 15 is 0 Å². The Kier molecular flexibility index (Phi) is 4.34. The van der Waals surface area contributed by atoms with Crippen molar-refractivity contribution in [2.75, 3.05) is 24.6 Å². The number of nitrogens with zero attached hydrogens (tertiary/aromatic N) is 3. The smallest absolute Gasteiger partial charge is 0.131 e. The van der Waals surface area contributed by atoms with Crippen LogP contribution in [0.4, 0.5) is 5.82 Å². The third-order valence-electron chi connectivity index (χ3n) is 3.98. The van der Waals surface area contributed by atoms with Crippen LogP contribution in [-0.2, 0) is 0 Å². The summed E-state index contributed by atoms with van der Waals surface area (Å²) in [5, 5.41) is 0. The van der Waals surface area contributed by atoms with Crippen LogP contribution in [0.25, 0.3) is 0 Å². The number of benzene rings is 1. The molecule has 0 saturated carbocycles. The van der Waals surface area contributed by atoms with Crippen molar-refractivity contribution in [3.05, 3.63) is 48.4 Å². The summed E-state index contributed by atoms with van der Waals surface area (Å²) in [6.07, 6.45) is 5.82. The van der Waals surface area contributed by atoms with Crippen molar-refractivity contribution < 1.29 is 4.74 Å². The van der Waals surface area contributed by atoms with Crippen molar-refractivity contribution in [3.8, 4) is 5.75 Å². The van der Waals surface area contributed by atoms with E-state index in [9.17, 15) is 0 Å². The van der Waals surface area contributed by atoms with Crippen LogP contribution in [0, 0.1) is 12.8 Å². The Labute approximate surface area is 125 Å². The molecule has 2 aromatic rings. The normalized spacial score (nSPS) is 18.5. The van der Waals surface area contributed by atoms with Gasteiger partial charge in [0.2, 0.25) is 0 Å². The van der Waals surface area contributed by atoms with Gasteiger partial charge in [-0.25, -0.2) is 9.97 Å². The molecule has 1 aromatic heterocycles. The summed E-state index contributed by atoms with van der Waals surface area (Å²) >= 11 is 0. The molecule has 0 radical (unpaired) electrons. The molecule has 1 saturated heterocycles. The van der Waals surface area contributed by atoms with E-state index in [1.54, 1.807) is 12.5 Å². The fraction of sp³-hybridized carbons (Fsp3) is 0.412. The lowest BCUT2D eigenvalue weighted by atomic mass is 9.99. The molecule has 1 atom stereocenters. The number of piperidine rings is 1. The number of rotatable bonds is 4. The largest absolute Gasteiger partial charge is 0.493 e. The van der Waals surface area contributed by atoms with Gasteiger partial charge in [-0.3, -0.25) is 0 Å². The fourth-order valence-electron chi connectivity index (χ4n) is 2.81. The lowest BCUT2D eigenvalue weighted by molar-refractivity contribution is 0.227. The molecule has 1 aliphatic heterocycles. The number of hydrogen-bond acceptors (Lipinski definition) is 4. The Morgan fingerprint density at radius 1 is 1.29 bits per heavy atom. The van der Waals surface area contributed by atoms with E-state index in [1.165, 1.54) is 18.4 Å². The van der Waals surface area contributed by atoms with Gasteiger partial charge in [-0.1, -0.05) is 18.2 Å². The SMILES string of the molecule is Cc1ccccc1OC[C@@H]1CCCN(c2ccncn2)C1. The third-order valence-corrected chi connectivity index (χ3v) is 3.98. The summed E-state index contributed by atoms with van der Waals surface area (Å²) in [6.45, 7) is 4.93. The first-order valence-corrected chi connectivity index (χ1v) is 7.52. The van der Waals surface area contributed by atoms with E-state index in [2.05, 4.69) is 27.9 Å². The Morgan fingerprint density at radius 2 is 2.19 bits per heavy atom. The maximum Gasteiger partial charge on any atom is 0.131 e. The van der Waals surface area contributed by atoms with Crippen LogP contribution in [0.3, 0.4) is 0 Å². The van der Waals surface area contributed by atoms with Crippen molar-refractivity contribution >= 4 is 5.82 Å². The maximum atomic E-state index is 6.00. The zero-order chi connectivity index (χ0) is 14.5. The Hall–Kier alpha value is -2.10. The van der Waals surface area contributed by atoms with Crippen molar-refractivity contribution in [3.63, 3.8) is 0 Å². The molecule has 3 rings (SSSR count). The molecule has 2 heterocycles. The van der Waals surface area contributed by atoms with Crippen LogP contribution < -0.4 is 9.64 Å². The summed E-state index contributed by atoms with van der Waals surface area (Å²) in [4.78, 5) is 10.7. The monoisotopic (exact) mass is 283 g/mol. The van der Waals surface area contributed by atoms with Crippen LogP contribution in [0.15, 0.2) is 42.9 Å². The molecule has 1 fully saturated rings. The molecule has 1 aromatic carbocycles. The second kappa shape index (κ2) is 6.57. The summed E-state index contributed by atoms with van der Waals surface area (Å²) in [5.74, 6) is 2.57.